The third kappa shape index (κ3) is 2.38. The van der Waals surface area contributed by atoms with Crippen LogP contribution in [0.5, 0.6) is 0 Å². The second-order valence-corrected chi connectivity index (χ2v) is 2.95. The van der Waals surface area contributed by atoms with Crippen molar-refractivity contribution in [2.75, 3.05) is 7.05 Å². The summed E-state index contributed by atoms with van der Waals surface area (Å²) in [6.07, 6.45) is 0. The predicted octanol–water partition coefficient (Wildman–Crippen LogP) is 2.04. The molecule has 0 unspecified atom stereocenters. The molecule has 2 nitrogen and oxygen atoms in total. The highest BCUT2D eigenvalue weighted by atomic mass is 15.4. The van der Waals surface area contributed by atoms with Gasteiger partial charge in [-0.25, -0.2) is 0 Å². The Bertz CT molecular complexity index is 268. The summed E-state index contributed by atoms with van der Waals surface area (Å²) in [7, 11) is 1.91. The van der Waals surface area contributed by atoms with E-state index in [0.717, 1.165) is 6.54 Å². The minimum absolute atomic E-state index is 0.825. The zero-order valence-electron chi connectivity index (χ0n) is 7.62. The standard InChI is InChI=1S/C10H14N2/c1-9-5-4-6-10(7-9)8-12(3)11-2/h4-7H,2,8H2,1,3H3. The van der Waals surface area contributed by atoms with E-state index in [-0.39, 0.29) is 0 Å². The van der Waals surface area contributed by atoms with Crippen molar-refractivity contribution in [3.8, 4) is 0 Å². The molecule has 0 saturated carbocycles. The van der Waals surface area contributed by atoms with Gasteiger partial charge >= 0.3 is 0 Å². The summed E-state index contributed by atoms with van der Waals surface area (Å²) in [5, 5.41) is 5.61. The summed E-state index contributed by atoms with van der Waals surface area (Å²) < 4.78 is 0. The molecule has 0 heterocycles. The van der Waals surface area contributed by atoms with Gasteiger partial charge in [0.2, 0.25) is 0 Å². The van der Waals surface area contributed by atoms with Crippen LogP contribution < -0.4 is 0 Å². The minimum Gasteiger partial charge on any atom is -0.296 e. The SMILES string of the molecule is C=NN(C)Cc1cccc(C)c1. The van der Waals surface area contributed by atoms with Crippen LogP contribution in [-0.4, -0.2) is 18.8 Å². The van der Waals surface area contributed by atoms with Gasteiger partial charge in [0.05, 0.1) is 6.54 Å². The number of hydrazone groups is 1. The molecular formula is C10H14N2. The summed E-state index contributed by atoms with van der Waals surface area (Å²) in [4.78, 5) is 0. The van der Waals surface area contributed by atoms with Gasteiger partial charge in [-0.1, -0.05) is 29.8 Å². The first kappa shape index (κ1) is 8.78. The topological polar surface area (TPSA) is 15.6 Å². The monoisotopic (exact) mass is 162 g/mol. The third-order valence-corrected chi connectivity index (χ3v) is 1.74. The molecule has 0 bridgehead atoms. The van der Waals surface area contributed by atoms with Gasteiger partial charge in [0.15, 0.2) is 0 Å². The largest absolute Gasteiger partial charge is 0.296 e. The van der Waals surface area contributed by atoms with Gasteiger partial charge in [-0.05, 0) is 12.5 Å². The van der Waals surface area contributed by atoms with Crippen molar-refractivity contribution in [2.45, 2.75) is 13.5 Å². The van der Waals surface area contributed by atoms with Crippen molar-refractivity contribution in [1.29, 1.82) is 0 Å². The van der Waals surface area contributed by atoms with Gasteiger partial charge < -0.3 is 0 Å². The summed E-state index contributed by atoms with van der Waals surface area (Å²) in [5.74, 6) is 0. The summed E-state index contributed by atoms with van der Waals surface area (Å²) >= 11 is 0. The number of rotatable bonds is 3. The maximum Gasteiger partial charge on any atom is 0.0607 e. The number of benzene rings is 1. The highest BCUT2D eigenvalue weighted by molar-refractivity contribution is 5.24. The minimum atomic E-state index is 0.825. The van der Waals surface area contributed by atoms with Crippen LogP contribution in [0.3, 0.4) is 0 Å². The van der Waals surface area contributed by atoms with Crippen LogP contribution in [0.4, 0.5) is 0 Å². The molecule has 0 aliphatic rings. The molecule has 1 rings (SSSR count). The average Bonchev–Trinajstić information content (AvgIpc) is 2.04. The molecule has 0 aromatic heterocycles. The third-order valence-electron chi connectivity index (χ3n) is 1.74. The first-order valence-corrected chi connectivity index (χ1v) is 3.95. The van der Waals surface area contributed by atoms with Crippen molar-refractivity contribution in [2.24, 2.45) is 5.10 Å². The summed E-state index contributed by atoms with van der Waals surface area (Å²) in [6, 6.07) is 8.39. The Kier molecular flexibility index (Phi) is 2.86. The van der Waals surface area contributed by atoms with Crippen LogP contribution in [0.15, 0.2) is 29.4 Å². The normalized spacial score (nSPS) is 9.50. The first-order valence-electron chi connectivity index (χ1n) is 3.95. The highest BCUT2D eigenvalue weighted by Gasteiger charge is 1.94. The second kappa shape index (κ2) is 3.90. The number of nitrogens with zero attached hydrogens (tertiary/aromatic N) is 2. The molecule has 2 heteroatoms. The van der Waals surface area contributed by atoms with Crippen molar-refractivity contribution >= 4 is 6.72 Å². The molecule has 64 valence electrons. The lowest BCUT2D eigenvalue weighted by Gasteiger charge is -2.11. The Morgan fingerprint density at radius 3 is 2.83 bits per heavy atom. The zero-order valence-corrected chi connectivity index (χ0v) is 7.62. The number of aryl methyl sites for hydroxylation is 1. The second-order valence-electron chi connectivity index (χ2n) is 2.95. The Morgan fingerprint density at radius 2 is 2.25 bits per heavy atom. The van der Waals surface area contributed by atoms with Crippen LogP contribution in [-0.2, 0) is 6.54 Å². The number of hydrogen-bond donors (Lipinski definition) is 0. The van der Waals surface area contributed by atoms with Gasteiger partial charge in [0.25, 0.3) is 0 Å². The van der Waals surface area contributed by atoms with E-state index in [9.17, 15) is 0 Å². The van der Waals surface area contributed by atoms with Crippen LogP contribution in [0, 0.1) is 6.92 Å². The Balaban J connectivity index is 2.69. The van der Waals surface area contributed by atoms with Crippen LogP contribution in [0.2, 0.25) is 0 Å². The maximum absolute atomic E-state index is 3.80. The van der Waals surface area contributed by atoms with E-state index in [1.807, 2.05) is 12.1 Å². The van der Waals surface area contributed by atoms with Crippen molar-refractivity contribution in [1.82, 2.24) is 5.01 Å². The van der Waals surface area contributed by atoms with Crippen LogP contribution >= 0.6 is 0 Å². The molecule has 0 radical (unpaired) electrons. The maximum atomic E-state index is 3.80. The van der Waals surface area contributed by atoms with Gasteiger partial charge in [0.1, 0.15) is 0 Å². The average molecular weight is 162 g/mol. The highest BCUT2D eigenvalue weighted by Crippen LogP contribution is 2.05. The molecule has 0 fully saturated rings. The van der Waals surface area contributed by atoms with E-state index in [1.165, 1.54) is 11.1 Å². The Hall–Kier alpha value is -1.31. The molecule has 0 N–H and O–H groups in total. The fourth-order valence-corrected chi connectivity index (χ4v) is 1.12. The fourth-order valence-electron chi connectivity index (χ4n) is 1.12. The number of hydrogen-bond acceptors (Lipinski definition) is 2. The van der Waals surface area contributed by atoms with Gasteiger partial charge in [-0.15, -0.1) is 0 Å². The molecule has 0 amide bonds. The summed E-state index contributed by atoms with van der Waals surface area (Å²) in [5.41, 5.74) is 2.55. The molecule has 12 heavy (non-hydrogen) atoms. The van der Waals surface area contributed by atoms with Gasteiger partial charge in [0, 0.05) is 13.8 Å². The van der Waals surface area contributed by atoms with Gasteiger partial charge in [-0.2, -0.15) is 5.10 Å². The van der Waals surface area contributed by atoms with Crippen LogP contribution in [0.25, 0.3) is 0 Å². The zero-order chi connectivity index (χ0) is 8.97. The van der Waals surface area contributed by atoms with E-state index < -0.39 is 0 Å². The lowest BCUT2D eigenvalue weighted by molar-refractivity contribution is 0.350. The quantitative estimate of drug-likeness (QED) is 0.490. The van der Waals surface area contributed by atoms with Crippen molar-refractivity contribution < 1.29 is 0 Å². The van der Waals surface area contributed by atoms with E-state index in [2.05, 4.69) is 43.0 Å². The molecule has 1 aromatic rings. The summed E-state index contributed by atoms with van der Waals surface area (Å²) in [6.45, 7) is 6.37. The van der Waals surface area contributed by atoms with Gasteiger partial charge in [-0.3, -0.25) is 5.01 Å². The Morgan fingerprint density at radius 1 is 1.50 bits per heavy atom. The van der Waals surface area contributed by atoms with Crippen molar-refractivity contribution in [3.63, 3.8) is 0 Å². The lowest BCUT2D eigenvalue weighted by atomic mass is 10.1. The molecule has 0 spiro atoms. The first-order chi connectivity index (χ1) is 5.72. The molecule has 1 aromatic carbocycles. The Labute approximate surface area is 73.5 Å². The molecular weight excluding hydrogens is 148 g/mol. The smallest absolute Gasteiger partial charge is 0.0607 e. The van der Waals surface area contributed by atoms with E-state index in [0.29, 0.717) is 0 Å². The van der Waals surface area contributed by atoms with Crippen LogP contribution in [0.1, 0.15) is 11.1 Å². The molecule has 0 saturated heterocycles. The molecule has 0 atom stereocenters. The molecule has 0 aliphatic carbocycles. The lowest BCUT2D eigenvalue weighted by Crippen LogP contribution is -2.09. The van der Waals surface area contributed by atoms with E-state index >= 15 is 0 Å². The van der Waals surface area contributed by atoms with Crippen molar-refractivity contribution in [3.05, 3.63) is 35.4 Å². The van der Waals surface area contributed by atoms with E-state index in [4.69, 9.17) is 0 Å². The van der Waals surface area contributed by atoms with E-state index in [1.54, 1.807) is 0 Å². The fraction of sp³-hybridized carbons (Fsp3) is 0.300. The predicted molar refractivity (Wildman–Crippen MR) is 52.2 cm³/mol. The molecule has 0 aliphatic heterocycles.